The second-order valence-corrected chi connectivity index (χ2v) is 3.99. The fraction of sp³-hybridized carbons (Fsp3) is 0.900. The number of carbonyl (C=O) groups excluding carboxylic acids is 1. The molecule has 3 nitrogen and oxygen atoms in total. The Hall–Kier alpha value is -0.570. The largest absolute Gasteiger partial charge is 0.355 e. The van der Waals surface area contributed by atoms with Gasteiger partial charge >= 0.3 is 0 Å². The molecule has 13 heavy (non-hydrogen) atoms. The molecule has 1 aliphatic rings. The quantitative estimate of drug-likeness (QED) is 0.705. The van der Waals surface area contributed by atoms with E-state index in [0.29, 0.717) is 6.04 Å². The number of likely N-dealkylation sites (N-methyl/N-ethyl adjacent to an activating group) is 1. The highest BCUT2D eigenvalue weighted by molar-refractivity contribution is 5.81. The van der Waals surface area contributed by atoms with Crippen LogP contribution >= 0.6 is 0 Å². The second kappa shape index (κ2) is 4.09. The number of hydrogen-bond donors (Lipinski definition) is 1. The van der Waals surface area contributed by atoms with Gasteiger partial charge in [-0.1, -0.05) is 6.92 Å². The molecule has 1 aliphatic heterocycles. The van der Waals surface area contributed by atoms with Crippen molar-refractivity contribution < 1.29 is 4.79 Å². The molecule has 1 heterocycles. The molecule has 3 unspecified atom stereocenters. The van der Waals surface area contributed by atoms with Crippen LogP contribution in [0.15, 0.2) is 0 Å². The maximum atomic E-state index is 11.5. The number of nitrogens with one attached hydrogen (secondary N) is 1. The Labute approximate surface area is 80.5 Å². The molecule has 0 aliphatic carbocycles. The molecule has 76 valence electrons. The highest BCUT2D eigenvalue weighted by atomic mass is 16.2. The zero-order chi connectivity index (χ0) is 10.0. The van der Waals surface area contributed by atoms with Gasteiger partial charge in [0.2, 0.25) is 5.91 Å². The molecular weight excluding hydrogens is 164 g/mol. The molecule has 1 saturated heterocycles. The van der Waals surface area contributed by atoms with Crippen molar-refractivity contribution in [2.75, 3.05) is 13.1 Å². The number of carbonyl (C=O) groups is 1. The van der Waals surface area contributed by atoms with Crippen molar-refractivity contribution in [1.29, 1.82) is 0 Å². The number of likely N-dealkylation sites (tertiary alicyclic amines) is 1. The molecule has 3 heteroatoms. The average Bonchev–Trinajstić information content (AvgIpc) is 2.12. The summed E-state index contributed by atoms with van der Waals surface area (Å²) in [5.41, 5.74) is 0. The molecule has 0 bridgehead atoms. The van der Waals surface area contributed by atoms with E-state index in [9.17, 15) is 4.79 Å². The zero-order valence-corrected chi connectivity index (χ0v) is 9.00. The summed E-state index contributed by atoms with van der Waals surface area (Å²) in [6, 6.07) is 0.587. The summed E-state index contributed by atoms with van der Waals surface area (Å²) >= 11 is 0. The molecule has 1 fully saturated rings. The van der Waals surface area contributed by atoms with Crippen LogP contribution < -0.4 is 5.32 Å². The van der Waals surface area contributed by atoms with E-state index in [0.717, 1.165) is 19.0 Å². The Morgan fingerprint density at radius 3 is 2.62 bits per heavy atom. The van der Waals surface area contributed by atoms with E-state index < -0.39 is 0 Å². The van der Waals surface area contributed by atoms with Gasteiger partial charge in [0.15, 0.2) is 0 Å². The lowest BCUT2D eigenvalue weighted by molar-refractivity contribution is -0.130. The number of hydrogen-bond acceptors (Lipinski definition) is 2. The van der Waals surface area contributed by atoms with Gasteiger partial charge in [0.05, 0.1) is 6.04 Å². The third-order valence-electron chi connectivity index (χ3n) is 3.07. The monoisotopic (exact) mass is 184 g/mol. The summed E-state index contributed by atoms with van der Waals surface area (Å²) in [7, 11) is 0. The molecule has 3 atom stereocenters. The minimum absolute atomic E-state index is 0.0335. The molecule has 1 rings (SSSR count). The Morgan fingerprint density at radius 1 is 1.62 bits per heavy atom. The fourth-order valence-corrected chi connectivity index (χ4v) is 1.82. The van der Waals surface area contributed by atoms with Crippen LogP contribution in [-0.4, -0.2) is 36.0 Å². The maximum Gasteiger partial charge on any atom is 0.237 e. The van der Waals surface area contributed by atoms with Crippen molar-refractivity contribution in [3.05, 3.63) is 0 Å². The lowest BCUT2D eigenvalue weighted by Gasteiger charge is -2.47. The second-order valence-electron chi connectivity index (χ2n) is 3.99. The van der Waals surface area contributed by atoms with Crippen LogP contribution in [0.25, 0.3) is 0 Å². The number of rotatable bonds is 3. The smallest absolute Gasteiger partial charge is 0.237 e. The van der Waals surface area contributed by atoms with Gasteiger partial charge in [-0.15, -0.1) is 0 Å². The first-order valence-corrected chi connectivity index (χ1v) is 5.11. The molecule has 1 amide bonds. The van der Waals surface area contributed by atoms with E-state index in [1.165, 1.54) is 0 Å². The topological polar surface area (TPSA) is 32.3 Å². The first-order valence-electron chi connectivity index (χ1n) is 5.11. The minimum atomic E-state index is 0.0335. The van der Waals surface area contributed by atoms with Crippen LogP contribution in [-0.2, 0) is 4.79 Å². The Kier molecular flexibility index (Phi) is 3.31. The van der Waals surface area contributed by atoms with E-state index >= 15 is 0 Å². The van der Waals surface area contributed by atoms with Gasteiger partial charge in [0, 0.05) is 19.1 Å². The van der Waals surface area contributed by atoms with Crippen molar-refractivity contribution in [3.8, 4) is 0 Å². The van der Waals surface area contributed by atoms with Gasteiger partial charge < -0.3 is 5.32 Å². The Morgan fingerprint density at radius 2 is 2.23 bits per heavy atom. The normalized spacial score (nSPS) is 30.8. The molecule has 0 saturated carbocycles. The van der Waals surface area contributed by atoms with Crippen LogP contribution in [0.4, 0.5) is 0 Å². The van der Waals surface area contributed by atoms with E-state index in [1.54, 1.807) is 0 Å². The van der Waals surface area contributed by atoms with Gasteiger partial charge in [-0.2, -0.15) is 0 Å². The molecule has 0 spiro atoms. The molecule has 0 radical (unpaired) electrons. The summed E-state index contributed by atoms with van der Waals surface area (Å²) in [4.78, 5) is 13.7. The van der Waals surface area contributed by atoms with Gasteiger partial charge in [-0.3, -0.25) is 9.69 Å². The number of amides is 1. The fourth-order valence-electron chi connectivity index (χ4n) is 1.82. The predicted octanol–water partition coefficient (Wildman–Crippen LogP) is 0.851. The highest BCUT2D eigenvalue weighted by Crippen LogP contribution is 2.25. The molecule has 0 aromatic heterocycles. The standard InChI is InChI=1S/C10H20N2O/c1-5-11-10(13)9(4)12-6-7(2)8(12)3/h7-9H,5-6H2,1-4H3,(H,11,13). The summed E-state index contributed by atoms with van der Waals surface area (Å²) < 4.78 is 0. The van der Waals surface area contributed by atoms with E-state index in [-0.39, 0.29) is 11.9 Å². The average molecular weight is 184 g/mol. The predicted molar refractivity (Wildman–Crippen MR) is 53.5 cm³/mol. The highest BCUT2D eigenvalue weighted by Gasteiger charge is 2.37. The Bertz CT molecular complexity index is 193. The maximum absolute atomic E-state index is 11.5. The Balaban J connectivity index is 2.40. The van der Waals surface area contributed by atoms with Crippen molar-refractivity contribution in [1.82, 2.24) is 10.2 Å². The van der Waals surface area contributed by atoms with Crippen LogP contribution in [0.2, 0.25) is 0 Å². The van der Waals surface area contributed by atoms with Crippen LogP contribution in [0.5, 0.6) is 0 Å². The van der Waals surface area contributed by atoms with Gasteiger partial charge in [0.25, 0.3) is 0 Å². The van der Waals surface area contributed by atoms with Crippen molar-refractivity contribution in [3.63, 3.8) is 0 Å². The van der Waals surface area contributed by atoms with E-state index in [2.05, 4.69) is 24.1 Å². The van der Waals surface area contributed by atoms with Crippen LogP contribution in [0.3, 0.4) is 0 Å². The minimum Gasteiger partial charge on any atom is -0.355 e. The van der Waals surface area contributed by atoms with Gasteiger partial charge in [-0.25, -0.2) is 0 Å². The molecular formula is C10H20N2O. The molecule has 0 aromatic rings. The third-order valence-corrected chi connectivity index (χ3v) is 3.07. The van der Waals surface area contributed by atoms with Gasteiger partial charge in [0.1, 0.15) is 0 Å². The zero-order valence-electron chi connectivity index (χ0n) is 9.00. The summed E-state index contributed by atoms with van der Waals surface area (Å²) in [5.74, 6) is 0.887. The number of nitrogens with zero attached hydrogens (tertiary/aromatic N) is 1. The first kappa shape index (κ1) is 10.5. The molecule has 1 N–H and O–H groups in total. The van der Waals surface area contributed by atoms with E-state index in [1.807, 2.05) is 13.8 Å². The first-order chi connectivity index (χ1) is 6.07. The lowest BCUT2D eigenvalue weighted by Crippen LogP contribution is -2.60. The summed E-state index contributed by atoms with van der Waals surface area (Å²) in [6.07, 6.45) is 0. The van der Waals surface area contributed by atoms with Crippen molar-refractivity contribution in [2.24, 2.45) is 5.92 Å². The van der Waals surface area contributed by atoms with Crippen molar-refractivity contribution in [2.45, 2.75) is 39.8 Å². The summed E-state index contributed by atoms with van der Waals surface area (Å²) in [5, 5.41) is 2.85. The SMILES string of the molecule is CCNC(=O)C(C)N1CC(C)C1C. The van der Waals surface area contributed by atoms with E-state index in [4.69, 9.17) is 0 Å². The molecule has 0 aromatic carbocycles. The summed E-state index contributed by atoms with van der Waals surface area (Å²) in [6.45, 7) is 10.1. The lowest BCUT2D eigenvalue weighted by atomic mass is 9.90. The van der Waals surface area contributed by atoms with Crippen molar-refractivity contribution >= 4 is 5.91 Å². The van der Waals surface area contributed by atoms with Crippen LogP contribution in [0.1, 0.15) is 27.7 Å². The van der Waals surface area contributed by atoms with Crippen LogP contribution in [0, 0.1) is 5.92 Å². The van der Waals surface area contributed by atoms with Gasteiger partial charge in [-0.05, 0) is 26.7 Å². The third kappa shape index (κ3) is 2.02.